The third-order valence-corrected chi connectivity index (χ3v) is 3.34. The van der Waals surface area contributed by atoms with Gasteiger partial charge in [-0.15, -0.1) is 0 Å². The van der Waals surface area contributed by atoms with Crippen molar-refractivity contribution in [3.05, 3.63) is 48.5 Å². The second-order valence-electron chi connectivity index (χ2n) is 5.02. The first-order valence-electron chi connectivity index (χ1n) is 7.50. The minimum atomic E-state index is 0.100. The van der Waals surface area contributed by atoms with Crippen molar-refractivity contribution < 1.29 is 9.47 Å². The number of nitrogens with two attached hydrogens (primary N) is 1. The lowest BCUT2D eigenvalue weighted by atomic mass is 10.2. The van der Waals surface area contributed by atoms with Crippen LogP contribution in [0.2, 0.25) is 0 Å². The van der Waals surface area contributed by atoms with E-state index in [1.54, 1.807) is 26.4 Å². The number of aromatic nitrogens is 3. The molecule has 0 aliphatic heterocycles. The number of rotatable bonds is 6. The molecule has 2 aromatic carbocycles. The van der Waals surface area contributed by atoms with E-state index >= 15 is 0 Å². The van der Waals surface area contributed by atoms with Crippen LogP contribution in [0.25, 0.3) is 0 Å². The number of benzene rings is 2. The van der Waals surface area contributed by atoms with Crippen molar-refractivity contribution in [1.82, 2.24) is 15.0 Å². The van der Waals surface area contributed by atoms with Crippen LogP contribution < -0.4 is 25.8 Å². The molecule has 0 saturated carbocycles. The van der Waals surface area contributed by atoms with Gasteiger partial charge in [-0.25, -0.2) is 0 Å². The molecule has 0 aliphatic rings. The first-order valence-corrected chi connectivity index (χ1v) is 7.50. The number of para-hydroxylation sites is 1. The van der Waals surface area contributed by atoms with Gasteiger partial charge in [0.05, 0.1) is 19.9 Å². The summed E-state index contributed by atoms with van der Waals surface area (Å²) in [5.41, 5.74) is 7.32. The molecule has 3 aromatic rings. The maximum Gasteiger partial charge on any atom is 0.233 e. The van der Waals surface area contributed by atoms with E-state index in [2.05, 4.69) is 25.6 Å². The number of hydrogen-bond acceptors (Lipinski definition) is 8. The number of hydrogen-bond donors (Lipinski definition) is 3. The fraction of sp³-hybridized carbons (Fsp3) is 0.118. The molecule has 0 saturated heterocycles. The van der Waals surface area contributed by atoms with Gasteiger partial charge in [-0.2, -0.15) is 15.0 Å². The van der Waals surface area contributed by atoms with Gasteiger partial charge in [-0.1, -0.05) is 18.2 Å². The van der Waals surface area contributed by atoms with Crippen molar-refractivity contribution in [3.63, 3.8) is 0 Å². The Morgan fingerprint density at radius 3 is 2.24 bits per heavy atom. The predicted octanol–water partition coefficient (Wildman–Crippen LogP) is 2.96. The van der Waals surface area contributed by atoms with Gasteiger partial charge in [-0.3, -0.25) is 0 Å². The summed E-state index contributed by atoms with van der Waals surface area (Å²) in [5.74, 6) is 2.02. The average molecular weight is 338 g/mol. The number of anilines is 5. The topological polar surface area (TPSA) is 107 Å². The second-order valence-corrected chi connectivity index (χ2v) is 5.02. The molecule has 1 aromatic heterocycles. The number of nitrogens with one attached hydrogen (secondary N) is 2. The van der Waals surface area contributed by atoms with Crippen molar-refractivity contribution in [1.29, 1.82) is 0 Å². The highest BCUT2D eigenvalue weighted by molar-refractivity contribution is 5.65. The Balaban J connectivity index is 1.86. The van der Waals surface area contributed by atoms with E-state index < -0.39 is 0 Å². The van der Waals surface area contributed by atoms with Crippen molar-refractivity contribution in [2.75, 3.05) is 30.6 Å². The maximum absolute atomic E-state index is 5.79. The van der Waals surface area contributed by atoms with Gasteiger partial charge in [-0.05, 0) is 24.3 Å². The average Bonchev–Trinajstić information content (AvgIpc) is 2.62. The van der Waals surface area contributed by atoms with Crippen LogP contribution in [0.5, 0.6) is 11.5 Å². The Hall–Kier alpha value is -3.55. The number of ether oxygens (including phenoxy) is 2. The second kappa shape index (κ2) is 7.35. The predicted molar refractivity (Wildman–Crippen MR) is 96.8 cm³/mol. The van der Waals surface area contributed by atoms with E-state index in [-0.39, 0.29) is 5.95 Å². The Bertz CT molecular complexity index is 857. The molecule has 8 nitrogen and oxygen atoms in total. The highest BCUT2D eigenvalue weighted by atomic mass is 16.5. The number of nitrogens with zero attached hydrogens (tertiary/aromatic N) is 3. The van der Waals surface area contributed by atoms with E-state index in [0.717, 1.165) is 5.69 Å². The van der Waals surface area contributed by atoms with Crippen molar-refractivity contribution in [2.24, 2.45) is 0 Å². The lowest BCUT2D eigenvalue weighted by Crippen LogP contribution is -2.07. The third kappa shape index (κ3) is 4.05. The fourth-order valence-corrected chi connectivity index (χ4v) is 2.18. The summed E-state index contributed by atoms with van der Waals surface area (Å²) in [5, 5.41) is 6.16. The summed E-state index contributed by atoms with van der Waals surface area (Å²) < 4.78 is 10.5. The van der Waals surface area contributed by atoms with Crippen molar-refractivity contribution in [2.45, 2.75) is 0 Å². The van der Waals surface area contributed by atoms with E-state index in [9.17, 15) is 0 Å². The van der Waals surface area contributed by atoms with Crippen LogP contribution >= 0.6 is 0 Å². The molecule has 0 fully saturated rings. The first-order chi connectivity index (χ1) is 12.2. The maximum atomic E-state index is 5.79. The zero-order valence-electron chi connectivity index (χ0n) is 13.9. The summed E-state index contributed by atoms with van der Waals surface area (Å²) in [6.07, 6.45) is 0. The zero-order chi connectivity index (χ0) is 17.6. The molecule has 0 aliphatic carbocycles. The van der Waals surface area contributed by atoms with Gasteiger partial charge in [0.15, 0.2) is 0 Å². The van der Waals surface area contributed by atoms with Gasteiger partial charge in [0.1, 0.15) is 11.5 Å². The monoisotopic (exact) mass is 338 g/mol. The molecule has 0 bridgehead atoms. The molecular weight excluding hydrogens is 320 g/mol. The summed E-state index contributed by atoms with van der Waals surface area (Å²) in [6.45, 7) is 0. The van der Waals surface area contributed by atoms with Crippen molar-refractivity contribution >= 4 is 29.2 Å². The quantitative estimate of drug-likeness (QED) is 0.630. The van der Waals surface area contributed by atoms with Gasteiger partial charge >= 0.3 is 0 Å². The first kappa shape index (κ1) is 16.3. The van der Waals surface area contributed by atoms with Crippen LogP contribution in [-0.4, -0.2) is 29.2 Å². The molecule has 25 heavy (non-hydrogen) atoms. The summed E-state index contributed by atoms with van der Waals surface area (Å²) in [7, 11) is 3.17. The van der Waals surface area contributed by atoms with Gasteiger partial charge < -0.3 is 25.8 Å². The number of methoxy groups -OCH3 is 2. The van der Waals surface area contributed by atoms with E-state index in [1.807, 2.05) is 36.4 Å². The van der Waals surface area contributed by atoms with Gasteiger partial charge in [0.25, 0.3) is 0 Å². The Kier molecular flexibility index (Phi) is 4.79. The van der Waals surface area contributed by atoms with Crippen molar-refractivity contribution in [3.8, 4) is 11.5 Å². The summed E-state index contributed by atoms with van der Waals surface area (Å²) in [6, 6.07) is 14.9. The molecule has 1 heterocycles. The summed E-state index contributed by atoms with van der Waals surface area (Å²) in [4.78, 5) is 12.5. The third-order valence-electron chi connectivity index (χ3n) is 3.34. The standard InChI is InChI=1S/C17H18N6O2/c1-24-12-8-9-13(14(10-12)25-2)20-17-22-15(18)21-16(23-17)19-11-6-4-3-5-7-11/h3-10H,1-2H3,(H4,18,19,20,21,22,23). The van der Waals surface area contributed by atoms with E-state index in [4.69, 9.17) is 15.2 Å². The smallest absolute Gasteiger partial charge is 0.233 e. The van der Waals surface area contributed by atoms with Gasteiger partial charge in [0, 0.05) is 11.8 Å². The molecule has 4 N–H and O–H groups in total. The molecule has 0 atom stereocenters. The molecule has 0 amide bonds. The molecule has 3 rings (SSSR count). The highest BCUT2D eigenvalue weighted by Gasteiger charge is 2.09. The van der Waals surface area contributed by atoms with Crippen LogP contribution in [0.4, 0.5) is 29.2 Å². The fourth-order valence-electron chi connectivity index (χ4n) is 2.18. The van der Waals surface area contributed by atoms with Gasteiger partial charge in [0.2, 0.25) is 17.8 Å². The minimum Gasteiger partial charge on any atom is -0.497 e. The van der Waals surface area contributed by atoms with Crippen LogP contribution in [0.3, 0.4) is 0 Å². The SMILES string of the molecule is COc1ccc(Nc2nc(N)nc(Nc3ccccc3)n2)c(OC)c1. The molecule has 0 unspecified atom stereocenters. The zero-order valence-corrected chi connectivity index (χ0v) is 13.9. The minimum absolute atomic E-state index is 0.100. The molecular formula is C17H18N6O2. The van der Waals surface area contributed by atoms with Crippen LogP contribution in [0.15, 0.2) is 48.5 Å². The Labute approximate surface area is 145 Å². The van der Waals surface area contributed by atoms with Crippen LogP contribution in [-0.2, 0) is 0 Å². The molecule has 128 valence electrons. The van der Waals surface area contributed by atoms with E-state index in [1.165, 1.54) is 0 Å². The Morgan fingerprint density at radius 1 is 0.840 bits per heavy atom. The Morgan fingerprint density at radius 2 is 1.56 bits per heavy atom. The highest BCUT2D eigenvalue weighted by Crippen LogP contribution is 2.30. The molecule has 8 heteroatoms. The number of nitrogen functional groups attached to an aromatic ring is 1. The van der Waals surface area contributed by atoms with Crippen LogP contribution in [0.1, 0.15) is 0 Å². The largest absolute Gasteiger partial charge is 0.497 e. The normalized spacial score (nSPS) is 10.2. The van der Waals surface area contributed by atoms with Crippen LogP contribution in [0, 0.1) is 0 Å². The summed E-state index contributed by atoms with van der Waals surface area (Å²) >= 11 is 0. The lowest BCUT2D eigenvalue weighted by Gasteiger charge is -2.12. The molecule has 0 spiro atoms. The molecule has 0 radical (unpaired) electrons. The lowest BCUT2D eigenvalue weighted by molar-refractivity contribution is 0.395. The van der Waals surface area contributed by atoms with E-state index in [0.29, 0.717) is 29.1 Å².